The van der Waals surface area contributed by atoms with E-state index in [1.165, 1.54) is 0 Å². The standard InChI is InChI=1S/C14H16N6O/c1-9(8-20-6-2-5-16-20)17-14(21)13-11-7-10(15)3-4-12(11)18-19-13/h2-7,9H,8,15H2,1H3,(H,17,21)(H,18,19). The number of nitrogens with two attached hydrogens (primary N) is 1. The minimum Gasteiger partial charge on any atom is -0.399 e. The lowest BCUT2D eigenvalue weighted by Gasteiger charge is -2.13. The van der Waals surface area contributed by atoms with Crippen LogP contribution in [0.15, 0.2) is 36.7 Å². The molecule has 0 saturated heterocycles. The van der Waals surface area contributed by atoms with Gasteiger partial charge in [0, 0.05) is 29.5 Å². The number of nitrogens with one attached hydrogen (secondary N) is 2. The predicted molar refractivity (Wildman–Crippen MR) is 79.7 cm³/mol. The number of nitrogens with zero attached hydrogens (tertiary/aromatic N) is 3. The van der Waals surface area contributed by atoms with Gasteiger partial charge in [-0.2, -0.15) is 10.2 Å². The molecule has 108 valence electrons. The van der Waals surface area contributed by atoms with Crippen molar-refractivity contribution in [3.63, 3.8) is 0 Å². The van der Waals surface area contributed by atoms with Crippen LogP contribution >= 0.6 is 0 Å². The molecule has 1 atom stereocenters. The maximum Gasteiger partial charge on any atom is 0.272 e. The zero-order valence-electron chi connectivity index (χ0n) is 11.6. The van der Waals surface area contributed by atoms with E-state index >= 15 is 0 Å². The molecule has 7 heteroatoms. The SMILES string of the molecule is CC(Cn1cccn1)NC(=O)c1n[nH]c2ccc(N)cc12. The number of benzene rings is 1. The van der Waals surface area contributed by atoms with Crippen molar-refractivity contribution in [1.29, 1.82) is 0 Å². The lowest BCUT2D eigenvalue weighted by Crippen LogP contribution is -2.36. The molecule has 7 nitrogen and oxygen atoms in total. The first-order valence-corrected chi connectivity index (χ1v) is 6.65. The Hall–Kier alpha value is -2.83. The first-order valence-electron chi connectivity index (χ1n) is 6.65. The number of nitrogen functional groups attached to an aromatic ring is 1. The monoisotopic (exact) mass is 284 g/mol. The van der Waals surface area contributed by atoms with Crippen LogP contribution in [0.4, 0.5) is 5.69 Å². The van der Waals surface area contributed by atoms with Crippen LogP contribution in [0.5, 0.6) is 0 Å². The van der Waals surface area contributed by atoms with E-state index in [4.69, 9.17) is 5.73 Å². The van der Waals surface area contributed by atoms with E-state index in [0.717, 1.165) is 10.9 Å². The number of aromatic amines is 1. The van der Waals surface area contributed by atoms with Gasteiger partial charge in [0.15, 0.2) is 5.69 Å². The Balaban J connectivity index is 1.76. The second kappa shape index (κ2) is 5.28. The van der Waals surface area contributed by atoms with Gasteiger partial charge in [-0.1, -0.05) is 0 Å². The van der Waals surface area contributed by atoms with Crippen molar-refractivity contribution >= 4 is 22.5 Å². The van der Waals surface area contributed by atoms with Gasteiger partial charge in [-0.15, -0.1) is 0 Å². The van der Waals surface area contributed by atoms with Crippen LogP contribution in [0.25, 0.3) is 10.9 Å². The lowest BCUT2D eigenvalue weighted by molar-refractivity contribution is 0.0932. The van der Waals surface area contributed by atoms with E-state index < -0.39 is 0 Å². The van der Waals surface area contributed by atoms with Gasteiger partial charge in [0.25, 0.3) is 5.91 Å². The molecule has 3 aromatic rings. The molecule has 0 saturated carbocycles. The van der Waals surface area contributed by atoms with Gasteiger partial charge in [-0.05, 0) is 31.2 Å². The summed E-state index contributed by atoms with van der Waals surface area (Å²) in [6.07, 6.45) is 3.56. The van der Waals surface area contributed by atoms with E-state index in [1.807, 2.05) is 25.3 Å². The van der Waals surface area contributed by atoms with Crippen LogP contribution in [0, 0.1) is 0 Å². The molecule has 0 spiro atoms. The number of H-pyrrole nitrogens is 1. The Kier molecular flexibility index (Phi) is 3.31. The molecule has 0 aliphatic carbocycles. The third-order valence-corrected chi connectivity index (χ3v) is 3.20. The van der Waals surface area contributed by atoms with Gasteiger partial charge in [-0.3, -0.25) is 14.6 Å². The highest BCUT2D eigenvalue weighted by Crippen LogP contribution is 2.18. The molecule has 0 fully saturated rings. The normalized spacial score (nSPS) is 12.4. The van der Waals surface area contributed by atoms with Crippen molar-refractivity contribution in [3.05, 3.63) is 42.4 Å². The van der Waals surface area contributed by atoms with Gasteiger partial charge in [0.2, 0.25) is 0 Å². The van der Waals surface area contributed by atoms with Crippen molar-refractivity contribution in [2.75, 3.05) is 5.73 Å². The number of anilines is 1. The number of aromatic nitrogens is 4. The highest BCUT2D eigenvalue weighted by Gasteiger charge is 2.16. The summed E-state index contributed by atoms with van der Waals surface area (Å²) in [4.78, 5) is 12.3. The van der Waals surface area contributed by atoms with Gasteiger partial charge < -0.3 is 11.1 Å². The first kappa shape index (κ1) is 13.2. The molecule has 0 aliphatic heterocycles. The summed E-state index contributed by atoms with van der Waals surface area (Å²) < 4.78 is 1.77. The molecule has 4 N–H and O–H groups in total. The summed E-state index contributed by atoms with van der Waals surface area (Å²) >= 11 is 0. The average molecular weight is 284 g/mol. The predicted octanol–water partition coefficient (Wildman–Crippen LogP) is 1.16. The van der Waals surface area contributed by atoms with Crippen molar-refractivity contribution < 1.29 is 4.79 Å². The fourth-order valence-electron chi connectivity index (χ4n) is 2.23. The fourth-order valence-corrected chi connectivity index (χ4v) is 2.23. The van der Waals surface area contributed by atoms with Crippen LogP contribution < -0.4 is 11.1 Å². The largest absolute Gasteiger partial charge is 0.399 e. The average Bonchev–Trinajstić information content (AvgIpc) is 3.07. The van der Waals surface area contributed by atoms with Crippen LogP contribution in [0.2, 0.25) is 0 Å². The second-order valence-corrected chi connectivity index (χ2v) is 4.98. The molecule has 1 unspecified atom stereocenters. The van der Waals surface area contributed by atoms with Crippen LogP contribution in [0.1, 0.15) is 17.4 Å². The van der Waals surface area contributed by atoms with E-state index in [9.17, 15) is 4.79 Å². The Morgan fingerprint density at radius 1 is 1.52 bits per heavy atom. The molecule has 0 radical (unpaired) electrons. The highest BCUT2D eigenvalue weighted by atomic mass is 16.2. The number of hydrogen-bond acceptors (Lipinski definition) is 4. The van der Waals surface area contributed by atoms with E-state index in [0.29, 0.717) is 17.9 Å². The Labute approximate surface area is 121 Å². The maximum atomic E-state index is 12.3. The van der Waals surface area contributed by atoms with Crippen LogP contribution in [-0.4, -0.2) is 31.9 Å². The Morgan fingerprint density at radius 2 is 2.38 bits per heavy atom. The maximum absolute atomic E-state index is 12.3. The van der Waals surface area contributed by atoms with Crippen LogP contribution in [-0.2, 0) is 6.54 Å². The molecular weight excluding hydrogens is 268 g/mol. The smallest absolute Gasteiger partial charge is 0.272 e. The summed E-state index contributed by atoms with van der Waals surface area (Å²) in [6.45, 7) is 2.52. The van der Waals surface area contributed by atoms with Gasteiger partial charge in [0.1, 0.15) is 0 Å². The summed E-state index contributed by atoms with van der Waals surface area (Å²) in [6, 6.07) is 7.10. The molecule has 1 amide bonds. The summed E-state index contributed by atoms with van der Waals surface area (Å²) in [5.41, 5.74) is 7.50. The number of hydrogen-bond donors (Lipinski definition) is 3. The van der Waals surface area contributed by atoms with Crippen molar-refractivity contribution in [2.24, 2.45) is 0 Å². The minimum atomic E-state index is -0.230. The van der Waals surface area contributed by atoms with Crippen molar-refractivity contribution in [3.8, 4) is 0 Å². The van der Waals surface area contributed by atoms with E-state index in [-0.39, 0.29) is 11.9 Å². The Morgan fingerprint density at radius 3 is 3.14 bits per heavy atom. The topological polar surface area (TPSA) is 102 Å². The molecule has 2 aromatic heterocycles. The number of rotatable bonds is 4. The number of fused-ring (bicyclic) bond motifs is 1. The van der Waals surface area contributed by atoms with Crippen molar-refractivity contribution in [1.82, 2.24) is 25.3 Å². The quantitative estimate of drug-likeness (QED) is 0.626. The first-order chi connectivity index (χ1) is 10.1. The summed E-state index contributed by atoms with van der Waals surface area (Å²) in [5.74, 6) is -0.230. The molecule has 0 bridgehead atoms. The molecule has 2 heterocycles. The number of amides is 1. The van der Waals surface area contributed by atoms with Gasteiger partial charge in [-0.25, -0.2) is 0 Å². The third kappa shape index (κ3) is 2.71. The minimum absolute atomic E-state index is 0.0646. The molecule has 21 heavy (non-hydrogen) atoms. The van der Waals surface area contributed by atoms with Gasteiger partial charge in [0.05, 0.1) is 12.1 Å². The second-order valence-electron chi connectivity index (χ2n) is 4.98. The molecule has 3 rings (SSSR count). The summed E-state index contributed by atoms with van der Waals surface area (Å²) in [5, 5.41) is 14.6. The fraction of sp³-hybridized carbons (Fsp3) is 0.214. The van der Waals surface area contributed by atoms with E-state index in [1.54, 1.807) is 23.0 Å². The molecular formula is C14H16N6O. The molecule has 0 aliphatic rings. The van der Waals surface area contributed by atoms with Gasteiger partial charge >= 0.3 is 0 Å². The lowest BCUT2D eigenvalue weighted by atomic mass is 10.2. The van der Waals surface area contributed by atoms with E-state index in [2.05, 4.69) is 20.6 Å². The van der Waals surface area contributed by atoms with Crippen molar-refractivity contribution in [2.45, 2.75) is 19.5 Å². The Bertz CT molecular complexity index is 761. The third-order valence-electron chi connectivity index (χ3n) is 3.20. The zero-order chi connectivity index (χ0) is 14.8. The highest BCUT2D eigenvalue weighted by molar-refractivity contribution is 6.05. The number of carbonyl (C=O) groups excluding carboxylic acids is 1. The summed E-state index contributed by atoms with van der Waals surface area (Å²) in [7, 11) is 0. The molecule has 1 aromatic carbocycles. The van der Waals surface area contributed by atoms with Crippen LogP contribution in [0.3, 0.4) is 0 Å². The number of carbonyl (C=O) groups is 1. The zero-order valence-corrected chi connectivity index (χ0v) is 11.6.